The second-order valence-electron chi connectivity index (χ2n) is 9.28. The van der Waals surface area contributed by atoms with Gasteiger partial charge in [0.15, 0.2) is 0 Å². The van der Waals surface area contributed by atoms with E-state index in [-0.39, 0.29) is 23.1 Å². The van der Waals surface area contributed by atoms with Crippen LogP contribution in [0.25, 0.3) is 11.3 Å². The molecule has 1 atom stereocenters. The van der Waals surface area contributed by atoms with Crippen molar-refractivity contribution < 1.29 is 14.5 Å². The highest BCUT2D eigenvalue weighted by molar-refractivity contribution is 6.00. The van der Waals surface area contributed by atoms with E-state index in [1.54, 1.807) is 19.2 Å². The van der Waals surface area contributed by atoms with E-state index in [1.165, 1.54) is 17.7 Å². The lowest BCUT2D eigenvalue weighted by molar-refractivity contribution is -0.384. The number of benzene rings is 2. The summed E-state index contributed by atoms with van der Waals surface area (Å²) in [5, 5.41) is 18.4. The number of nitro benzene ring substituents is 1. The van der Waals surface area contributed by atoms with E-state index in [1.807, 2.05) is 4.90 Å². The van der Waals surface area contributed by atoms with Gasteiger partial charge in [0.1, 0.15) is 5.69 Å². The Bertz CT molecular complexity index is 1160. The predicted molar refractivity (Wildman–Crippen MR) is 125 cm³/mol. The molecule has 0 aliphatic carbocycles. The first-order valence-corrected chi connectivity index (χ1v) is 11.0. The molecule has 8 heteroatoms. The zero-order valence-corrected chi connectivity index (χ0v) is 19.3. The number of methoxy groups -OCH3 is 1. The Kier molecular flexibility index (Phi) is 6.03. The molecule has 2 heterocycles. The minimum Gasteiger partial charge on any atom is -0.385 e. The fourth-order valence-corrected chi connectivity index (χ4v) is 4.28. The number of hydrogen-bond acceptors (Lipinski definition) is 5. The van der Waals surface area contributed by atoms with Gasteiger partial charge < -0.3 is 9.64 Å². The van der Waals surface area contributed by atoms with Gasteiger partial charge in [0.05, 0.1) is 16.7 Å². The van der Waals surface area contributed by atoms with Gasteiger partial charge in [0.25, 0.3) is 11.6 Å². The van der Waals surface area contributed by atoms with Crippen LogP contribution < -0.4 is 0 Å². The summed E-state index contributed by atoms with van der Waals surface area (Å²) >= 11 is 0. The number of aromatic amines is 1. The number of fused-ring (bicyclic) bond motifs is 1. The maximum absolute atomic E-state index is 13.3. The van der Waals surface area contributed by atoms with Crippen molar-refractivity contribution in [2.45, 2.75) is 38.6 Å². The van der Waals surface area contributed by atoms with Crippen molar-refractivity contribution in [3.8, 4) is 11.3 Å². The Balaban J connectivity index is 1.78. The summed E-state index contributed by atoms with van der Waals surface area (Å²) in [6, 6.07) is 14.3. The van der Waals surface area contributed by atoms with Crippen LogP contribution in [0.1, 0.15) is 60.4 Å². The number of nitrogens with one attached hydrogen (secondary N) is 1. The van der Waals surface area contributed by atoms with E-state index in [2.05, 4.69) is 55.2 Å². The molecule has 0 saturated carbocycles. The Morgan fingerprint density at radius 1 is 1.12 bits per heavy atom. The summed E-state index contributed by atoms with van der Waals surface area (Å²) in [7, 11) is 1.65. The molecule has 0 saturated heterocycles. The number of hydrogen-bond donors (Lipinski definition) is 1. The largest absolute Gasteiger partial charge is 0.385 e. The summed E-state index contributed by atoms with van der Waals surface area (Å²) in [6.07, 6.45) is 0.712. The highest BCUT2D eigenvalue weighted by Crippen LogP contribution is 2.43. The number of non-ortho nitro benzene ring substituents is 1. The molecule has 1 aliphatic heterocycles. The Morgan fingerprint density at radius 2 is 1.79 bits per heavy atom. The molecule has 1 aliphatic rings. The van der Waals surface area contributed by atoms with Crippen LogP contribution in [-0.4, -0.2) is 46.2 Å². The first-order chi connectivity index (χ1) is 15.7. The maximum atomic E-state index is 13.3. The standard InChI is InChI=1S/C25H28N4O4/c1-25(2,3)18-10-6-17(7-11-18)23-20-21(16-8-12-19(13-9-16)29(31)32)26-27-22(20)24(30)28(23)14-5-15-33-4/h6-13,23H,5,14-15H2,1-4H3,(H,26,27). The highest BCUT2D eigenvalue weighted by Gasteiger charge is 2.42. The quantitative estimate of drug-likeness (QED) is 0.316. The normalized spacial score (nSPS) is 15.7. The summed E-state index contributed by atoms with van der Waals surface area (Å²) in [6.45, 7) is 7.60. The fourth-order valence-electron chi connectivity index (χ4n) is 4.28. The van der Waals surface area contributed by atoms with Gasteiger partial charge in [-0.3, -0.25) is 20.0 Å². The number of aromatic nitrogens is 2. The van der Waals surface area contributed by atoms with Crippen molar-refractivity contribution in [2.24, 2.45) is 0 Å². The molecule has 0 fully saturated rings. The molecule has 33 heavy (non-hydrogen) atoms. The summed E-state index contributed by atoms with van der Waals surface area (Å²) in [5.41, 5.74) is 4.86. The van der Waals surface area contributed by atoms with Crippen LogP contribution in [0.15, 0.2) is 48.5 Å². The van der Waals surface area contributed by atoms with Crippen LogP contribution in [0.4, 0.5) is 5.69 Å². The van der Waals surface area contributed by atoms with Crippen LogP contribution in [0.5, 0.6) is 0 Å². The summed E-state index contributed by atoms with van der Waals surface area (Å²) in [5.74, 6) is -0.105. The van der Waals surface area contributed by atoms with Crippen LogP contribution in [0, 0.1) is 10.1 Å². The molecule has 0 bridgehead atoms. The summed E-state index contributed by atoms with van der Waals surface area (Å²) in [4.78, 5) is 25.8. The van der Waals surface area contributed by atoms with Gasteiger partial charge in [-0.05, 0) is 35.1 Å². The topological polar surface area (TPSA) is 101 Å². The molecule has 1 amide bonds. The number of ether oxygens (including phenoxy) is 1. The number of rotatable bonds is 7. The molecule has 0 spiro atoms. The van der Waals surface area contributed by atoms with Crippen molar-refractivity contribution >= 4 is 11.6 Å². The van der Waals surface area contributed by atoms with Gasteiger partial charge in [-0.1, -0.05) is 45.0 Å². The SMILES string of the molecule is COCCCN1C(=O)c2[nH]nc(-c3ccc([N+](=O)[O-])cc3)c2C1c1ccc(C(C)(C)C)cc1. The monoisotopic (exact) mass is 448 g/mol. The zero-order valence-electron chi connectivity index (χ0n) is 19.3. The van der Waals surface area contributed by atoms with Gasteiger partial charge in [-0.25, -0.2) is 0 Å². The lowest BCUT2D eigenvalue weighted by Gasteiger charge is -2.27. The molecule has 2 aromatic carbocycles. The molecule has 1 aromatic heterocycles. The third-order valence-electron chi connectivity index (χ3n) is 6.06. The number of carbonyl (C=O) groups excluding carboxylic acids is 1. The van der Waals surface area contributed by atoms with Crippen LogP contribution in [0.3, 0.4) is 0 Å². The van der Waals surface area contributed by atoms with Gasteiger partial charge in [-0.2, -0.15) is 5.10 Å². The van der Waals surface area contributed by atoms with Crippen LogP contribution in [0.2, 0.25) is 0 Å². The Morgan fingerprint density at radius 3 is 2.36 bits per heavy atom. The van der Waals surface area contributed by atoms with Crippen molar-refractivity contribution in [1.29, 1.82) is 0 Å². The van der Waals surface area contributed by atoms with Crippen molar-refractivity contribution in [1.82, 2.24) is 15.1 Å². The smallest absolute Gasteiger partial charge is 0.273 e. The molecule has 1 unspecified atom stereocenters. The summed E-state index contributed by atoms with van der Waals surface area (Å²) < 4.78 is 5.20. The van der Waals surface area contributed by atoms with Crippen molar-refractivity contribution in [2.75, 3.05) is 20.3 Å². The van der Waals surface area contributed by atoms with Crippen molar-refractivity contribution in [3.63, 3.8) is 0 Å². The molecule has 1 N–H and O–H groups in total. The molecular formula is C25H28N4O4. The fraction of sp³-hybridized carbons (Fsp3) is 0.360. The Hall–Kier alpha value is -3.52. The van der Waals surface area contributed by atoms with Gasteiger partial charge in [-0.15, -0.1) is 0 Å². The number of amides is 1. The predicted octanol–water partition coefficient (Wildman–Crippen LogP) is 4.86. The molecule has 172 valence electrons. The third kappa shape index (κ3) is 4.26. The first-order valence-electron chi connectivity index (χ1n) is 11.0. The second kappa shape index (κ2) is 8.78. The molecule has 3 aromatic rings. The zero-order chi connectivity index (χ0) is 23.8. The van der Waals surface area contributed by atoms with E-state index in [0.717, 1.165) is 16.7 Å². The minimum absolute atomic E-state index is 0.0116. The average molecular weight is 449 g/mol. The lowest BCUT2D eigenvalue weighted by Crippen LogP contribution is -2.31. The van der Waals surface area contributed by atoms with Crippen LogP contribution >= 0.6 is 0 Å². The van der Waals surface area contributed by atoms with E-state index in [0.29, 0.717) is 31.0 Å². The highest BCUT2D eigenvalue weighted by atomic mass is 16.6. The number of H-pyrrole nitrogens is 1. The van der Waals surface area contributed by atoms with Gasteiger partial charge in [0, 0.05) is 43.5 Å². The van der Waals surface area contributed by atoms with E-state index >= 15 is 0 Å². The van der Waals surface area contributed by atoms with E-state index in [4.69, 9.17) is 4.74 Å². The lowest BCUT2D eigenvalue weighted by atomic mass is 9.85. The number of nitrogens with zero attached hydrogens (tertiary/aromatic N) is 3. The maximum Gasteiger partial charge on any atom is 0.273 e. The van der Waals surface area contributed by atoms with Gasteiger partial charge in [0.2, 0.25) is 0 Å². The minimum atomic E-state index is -0.431. The second-order valence-corrected chi connectivity index (χ2v) is 9.28. The Labute approximate surface area is 192 Å². The van der Waals surface area contributed by atoms with E-state index in [9.17, 15) is 14.9 Å². The third-order valence-corrected chi connectivity index (χ3v) is 6.06. The number of carbonyl (C=O) groups is 1. The van der Waals surface area contributed by atoms with Gasteiger partial charge >= 0.3 is 0 Å². The van der Waals surface area contributed by atoms with Crippen molar-refractivity contribution in [3.05, 3.63) is 81.0 Å². The molecule has 4 rings (SSSR count). The average Bonchev–Trinajstić information content (AvgIpc) is 3.33. The molecule has 0 radical (unpaired) electrons. The van der Waals surface area contributed by atoms with Crippen LogP contribution in [-0.2, 0) is 10.2 Å². The molecule has 8 nitrogen and oxygen atoms in total. The molecular weight excluding hydrogens is 420 g/mol. The first kappa shape index (κ1) is 22.7. The van der Waals surface area contributed by atoms with E-state index < -0.39 is 4.92 Å². The number of nitro groups is 1.